The van der Waals surface area contributed by atoms with E-state index in [-0.39, 0.29) is 32.6 Å². The fourth-order valence-corrected chi connectivity index (χ4v) is 6.51. The van der Waals surface area contributed by atoms with Gasteiger partial charge in [0.1, 0.15) is 23.7 Å². The fraction of sp³-hybridized carbons (Fsp3) is 0.107. The second kappa shape index (κ2) is 12.8. The van der Waals surface area contributed by atoms with Crippen LogP contribution >= 0.6 is 0 Å². The number of rotatable bonds is 12. The van der Waals surface area contributed by atoms with Crippen molar-refractivity contribution in [2.45, 2.75) is 9.79 Å². The van der Waals surface area contributed by atoms with Gasteiger partial charge in [0.2, 0.25) is 5.91 Å². The molecule has 43 heavy (non-hydrogen) atoms. The van der Waals surface area contributed by atoms with Crippen LogP contribution in [0.5, 0.6) is 11.5 Å². The van der Waals surface area contributed by atoms with Crippen LogP contribution in [0.4, 0.5) is 22.7 Å². The highest BCUT2D eigenvalue weighted by molar-refractivity contribution is 7.93. The summed E-state index contributed by atoms with van der Waals surface area (Å²) in [7, 11) is -5.66. The highest BCUT2D eigenvalue weighted by Gasteiger charge is 2.32. The Labute approximate surface area is 247 Å². The summed E-state index contributed by atoms with van der Waals surface area (Å²) in [6.45, 7) is -0.806. The molecule has 0 heterocycles. The second-order valence-corrected chi connectivity index (χ2v) is 12.4. The van der Waals surface area contributed by atoms with Crippen molar-refractivity contribution in [1.82, 2.24) is 0 Å². The molecule has 13 nitrogen and oxygen atoms in total. The second-order valence-electron chi connectivity index (χ2n) is 8.81. The largest absolute Gasteiger partial charge is 0.497 e. The topological polar surface area (TPSA) is 174 Å². The van der Waals surface area contributed by atoms with E-state index < -0.39 is 43.1 Å². The number of nitrogens with one attached hydrogen (secondary N) is 2. The standard InChI is InChI=1S/C28H26N4O9S2/c1-40-21-14-17-27(41-2)24(18-21)30-42(36,37)22-15-12-20(13-16-22)29-28(33)19-31(25-10-6-7-11-26(25)32(34)35)43(38,39)23-8-4-3-5-9-23/h3-18,30H,19H2,1-2H3,(H,29,33). The Bertz CT molecular complexity index is 1850. The number of hydrogen-bond acceptors (Lipinski definition) is 9. The SMILES string of the molecule is COc1ccc(OC)c(NS(=O)(=O)c2ccc(NC(=O)CN(c3ccccc3[N+](=O)[O-])S(=O)(=O)c3ccccc3)cc2)c1. The van der Waals surface area contributed by atoms with Crippen molar-refractivity contribution in [3.05, 3.63) is 107 Å². The number of nitro groups is 1. The molecule has 4 aromatic rings. The Morgan fingerprint density at radius 3 is 2.12 bits per heavy atom. The summed E-state index contributed by atoms with van der Waals surface area (Å²) < 4.78 is 66.5. The van der Waals surface area contributed by atoms with Crippen LogP contribution in [-0.4, -0.2) is 48.4 Å². The van der Waals surface area contributed by atoms with Gasteiger partial charge in [0, 0.05) is 17.8 Å². The molecule has 0 unspecified atom stereocenters. The summed E-state index contributed by atoms with van der Waals surface area (Å²) in [4.78, 5) is 23.7. The molecule has 4 rings (SSSR count). The maximum absolute atomic E-state index is 13.5. The van der Waals surface area contributed by atoms with Crippen molar-refractivity contribution in [3.8, 4) is 11.5 Å². The molecule has 1 amide bonds. The molecule has 0 saturated heterocycles. The van der Waals surface area contributed by atoms with Crippen molar-refractivity contribution in [2.24, 2.45) is 0 Å². The minimum Gasteiger partial charge on any atom is -0.497 e. The Hall–Kier alpha value is -5.15. The molecular weight excluding hydrogens is 600 g/mol. The number of benzene rings is 4. The first kappa shape index (κ1) is 30.8. The van der Waals surface area contributed by atoms with Crippen LogP contribution in [0.15, 0.2) is 107 Å². The number of methoxy groups -OCH3 is 2. The molecule has 0 radical (unpaired) electrons. The Balaban J connectivity index is 1.57. The lowest BCUT2D eigenvalue weighted by atomic mass is 10.2. The summed E-state index contributed by atoms with van der Waals surface area (Å²) in [5.74, 6) is -0.157. The van der Waals surface area contributed by atoms with Crippen LogP contribution in [0.25, 0.3) is 0 Å². The number of carbonyl (C=O) groups is 1. The molecular formula is C28H26N4O9S2. The number of amides is 1. The normalized spacial score (nSPS) is 11.3. The van der Waals surface area contributed by atoms with Gasteiger partial charge in [-0.2, -0.15) is 0 Å². The van der Waals surface area contributed by atoms with Crippen LogP contribution in [0.1, 0.15) is 0 Å². The van der Waals surface area contributed by atoms with Gasteiger partial charge in [0.15, 0.2) is 0 Å². The monoisotopic (exact) mass is 626 g/mol. The van der Waals surface area contributed by atoms with Gasteiger partial charge in [0.05, 0.1) is 34.6 Å². The maximum atomic E-state index is 13.5. The smallest absolute Gasteiger partial charge is 0.293 e. The summed E-state index contributed by atoms with van der Waals surface area (Å²) in [6, 6.07) is 22.1. The van der Waals surface area contributed by atoms with Crippen molar-refractivity contribution in [2.75, 3.05) is 35.1 Å². The van der Waals surface area contributed by atoms with E-state index in [1.54, 1.807) is 18.2 Å². The van der Waals surface area contributed by atoms with E-state index >= 15 is 0 Å². The molecule has 15 heteroatoms. The highest BCUT2D eigenvalue weighted by Crippen LogP contribution is 2.33. The molecule has 224 valence electrons. The number of sulfonamides is 2. The maximum Gasteiger partial charge on any atom is 0.293 e. The molecule has 2 N–H and O–H groups in total. The zero-order valence-electron chi connectivity index (χ0n) is 22.8. The Morgan fingerprint density at radius 2 is 1.49 bits per heavy atom. The summed E-state index contributed by atoms with van der Waals surface area (Å²) >= 11 is 0. The predicted octanol–water partition coefficient (Wildman–Crippen LogP) is 4.25. The van der Waals surface area contributed by atoms with Gasteiger partial charge in [-0.15, -0.1) is 0 Å². The summed E-state index contributed by atoms with van der Waals surface area (Å²) in [5.41, 5.74) is -0.506. The summed E-state index contributed by atoms with van der Waals surface area (Å²) in [6.07, 6.45) is 0. The first-order valence-corrected chi connectivity index (χ1v) is 15.3. The lowest BCUT2D eigenvalue weighted by Gasteiger charge is -2.23. The zero-order chi connectivity index (χ0) is 31.2. The number of anilines is 3. The third kappa shape index (κ3) is 7.02. The summed E-state index contributed by atoms with van der Waals surface area (Å²) in [5, 5.41) is 14.2. The highest BCUT2D eigenvalue weighted by atomic mass is 32.2. The van der Waals surface area contributed by atoms with Crippen molar-refractivity contribution in [1.29, 1.82) is 0 Å². The quantitative estimate of drug-likeness (QED) is 0.172. The molecule has 0 fully saturated rings. The Kier molecular flexibility index (Phi) is 9.16. The van der Waals surface area contributed by atoms with Gasteiger partial charge in [-0.1, -0.05) is 30.3 Å². The molecule has 0 aromatic heterocycles. The third-order valence-electron chi connectivity index (χ3n) is 6.06. The zero-order valence-corrected chi connectivity index (χ0v) is 24.5. The van der Waals surface area contributed by atoms with Gasteiger partial charge in [0.25, 0.3) is 25.7 Å². The van der Waals surface area contributed by atoms with Gasteiger partial charge in [-0.3, -0.25) is 19.6 Å². The number of ether oxygens (including phenoxy) is 2. The number of nitrogens with zero attached hydrogens (tertiary/aromatic N) is 2. The van der Waals surface area contributed by atoms with Gasteiger partial charge < -0.3 is 14.8 Å². The van der Waals surface area contributed by atoms with Crippen molar-refractivity contribution >= 4 is 48.7 Å². The van der Waals surface area contributed by atoms with E-state index in [9.17, 15) is 31.7 Å². The lowest BCUT2D eigenvalue weighted by molar-refractivity contribution is -0.384. The van der Waals surface area contributed by atoms with Crippen LogP contribution in [0.2, 0.25) is 0 Å². The fourth-order valence-electron chi connectivity index (χ4n) is 3.99. The van der Waals surface area contributed by atoms with E-state index in [4.69, 9.17) is 9.47 Å². The predicted molar refractivity (Wildman–Crippen MR) is 159 cm³/mol. The van der Waals surface area contributed by atoms with Crippen LogP contribution in [0, 0.1) is 10.1 Å². The van der Waals surface area contributed by atoms with E-state index in [1.165, 1.54) is 87.0 Å². The van der Waals surface area contributed by atoms with Gasteiger partial charge >= 0.3 is 0 Å². The van der Waals surface area contributed by atoms with E-state index in [2.05, 4.69) is 10.0 Å². The van der Waals surface area contributed by atoms with Crippen LogP contribution in [0.3, 0.4) is 0 Å². The average Bonchev–Trinajstić information content (AvgIpc) is 3.00. The van der Waals surface area contributed by atoms with Crippen LogP contribution < -0.4 is 23.8 Å². The molecule has 0 aliphatic heterocycles. The number of para-hydroxylation sites is 2. The number of hydrogen-bond donors (Lipinski definition) is 2. The molecule has 0 atom stereocenters. The number of nitro benzene ring substituents is 1. The van der Waals surface area contributed by atoms with Gasteiger partial charge in [-0.05, 0) is 54.6 Å². The molecule has 4 aromatic carbocycles. The first-order valence-electron chi connectivity index (χ1n) is 12.4. The molecule has 0 aliphatic carbocycles. The lowest BCUT2D eigenvalue weighted by Crippen LogP contribution is -2.38. The minimum absolute atomic E-state index is 0.136. The first-order chi connectivity index (χ1) is 20.5. The molecule has 0 aliphatic rings. The number of carbonyl (C=O) groups excluding carboxylic acids is 1. The van der Waals surface area contributed by atoms with Crippen molar-refractivity contribution in [3.63, 3.8) is 0 Å². The van der Waals surface area contributed by atoms with Crippen molar-refractivity contribution < 1.29 is 36.0 Å². The van der Waals surface area contributed by atoms with Gasteiger partial charge in [-0.25, -0.2) is 21.1 Å². The van der Waals surface area contributed by atoms with E-state index in [1.807, 2.05) is 0 Å². The molecule has 0 saturated carbocycles. The molecule has 0 spiro atoms. The minimum atomic E-state index is -4.40. The Morgan fingerprint density at radius 1 is 0.837 bits per heavy atom. The van der Waals surface area contributed by atoms with E-state index in [0.29, 0.717) is 10.1 Å². The average molecular weight is 627 g/mol. The molecule has 0 bridgehead atoms. The van der Waals surface area contributed by atoms with Crippen LogP contribution in [-0.2, 0) is 24.8 Å². The third-order valence-corrected chi connectivity index (χ3v) is 9.22. The van der Waals surface area contributed by atoms with E-state index in [0.717, 1.165) is 6.07 Å².